The van der Waals surface area contributed by atoms with E-state index in [0.29, 0.717) is 16.7 Å². The Morgan fingerprint density at radius 1 is 1.15 bits per heavy atom. The lowest BCUT2D eigenvalue weighted by molar-refractivity contribution is 0.0944. The summed E-state index contributed by atoms with van der Waals surface area (Å²) >= 11 is 6.25. The van der Waals surface area contributed by atoms with Crippen LogP contribution in [0.3, 0.4) is 0 Å². The minimum Gasteiger partial charge on any atom is -0.472 e. The predicted octanol–water partition coefficient (Wildman–Crippen LogP) is 3.50. The first kappa shape index (κ1) is 21.6. The third-order valence-electron chi connectivity index (χ3n) is 6.12. The van der Waals surface area contributed by atoms with Gasteiger partial charge in [-0.1, -0.05) is 23.7 Å². The number of piperidine rings is 1. The third-order valence-corrected chi connectivity index (χ3v) is 6.53. The number of anilines is 1. The van der Waals surface area contributed by atoms with E-state index in [9.17, 15) is 4.79 Å². The molecule has 170 valence electrons. The van der Waals surface area contributed by atoms with E-state index in [0.717, 1.165) is 41.7 Å². The molecule has 0 radical (unpaired) electrons. The van der Waals surface area contributed by atoms with Crippen molar-refractivity contribution in [3.63, 3.8) is 0 Å². The van der Waals surface area contributed by atoms with Gasteiger partial charge in [-0.2, -0.15) is 4.98 Å². The SMILES string of the molecule is Cc1cnc(CNC(=O)c2cnc(N3CC4CC4C3)nc2OCc2ccc(C)c(Cl)c2)cn1. The van der Waals surface area contributed by atoms with Crippen molar-refractivity contribution in [2.45, 2.75) is 33.4 Å². The van der Waals surface area contributed by atoms with Crippen LogP contribution in [0.25, 0.3) is 0 Å². The third kappa shape index (κ3) is 4.90. The average molecular weight is 465 g/mol. The molecule has 9 heteroatoms. The normalized spacial score (nSPS) is 18.7. The maximum absolute atomic E-state index is 13.0. The molecular formula is C24H25ClN6O2. The molecule has 2 aromatic heterocycles. The Bertz CT molecular complexity index is 1180. The summed E-state index contributed by atoms with van der Waals surface area (Å²) in [5.41, 5.74) is 3.66. The smallest absolute Gasteiger partial charge is 0.258 e. The second-order valence-electron chi connectivity index (χ2n) is 8.75. The van der Waals surface area contributed by atoms with E-state index in [4.69, 9.17) is 16.3 Å². The molecule has 3 aromatic rings. The monoisotopic (exact) mass is 464 g/mol. The molecule has 3 heterocycles. The Hall–Kier alpha value is -3.26. The number of nitrogens with zero attached hydrogens (tertiary/aromatic N) is 5. The van der Waals surface area contributed by atoms with Crippen LogP contribution in [0, 0.1) is 25.7 Å². The number of rotatable bonds is 7. The topological polar surface area (TPSA) is 93.1 Å². The Morgan fingerprint density at radius 3 is 2.70 bits per heavy atom. The first-order valence-corrected chi connectivity index (χ1v) is 11.4. The van der Waals surface area contributed by atoms with E-state index in [-0.39, 0.29) is 30.5 Å². The number of ether oxygens (including phenoxy) is 1. The first-order chi connectivity index (χ1) is 16.0. The second kappa shape index (κ2) is 8.94. The van der Waals surface area contributed by atoms with Crippen LogP contribution < -0.4 is 15.0 Å². The quantitative estimate of drug-likeness (QED) is 0.572. The molecule has 1 amide bonds. The summed E-state index contributed by atoms with van der Waals surface area (Å²) in [5.74, 6) is 2.01. The van der Waals surface area contributed by atoms with Gasteiger partial charge in [0, 0.05) is 30.5 Å². The van der Waals surface area contributed by atoms with Crippen molar-refractivity contribution >= 4 is 23.5 Å². The molecule has 1 saturated heterocycles. The lowest BCUT2D eigenvalue weighted by Crippen LogP contribution is -2.27. The van der Waals surface area contributed by atoms with Gasteiger partial charge >= 0.3 is 0 Å². The lowest BCUT2D eigenvalue weighted by Gasteiger charge is -2.19. The van der Waals surface area contributed by atoms with Crippen LogP contribution in [0.4, 0.5) is 5.95 Å². The number of nitrogens with one attached hydrogen (secondary N) is 1. The van der Waals surface area contributed by atoms with Gasteiger partial charge in [-0.15, -0.1) is 0 Å². The van der Waals surface area contributed by atoms with Crippen LogP contribution in [0.1, 0.15) is 39.3 Å². The van der Waals surface area contributed by atoms with E-state index in [1.165, 1.54) is 6.42 Å². The van der Waals surface area contributed by atoms with E-state index in [1.807, 2.05) is 32.0 Å². The van der Waals surface area contributed by atoms with Crippen LogP contribution in [-0.4, -0.2) is 38.9 Å². The summed E-state index contributed by atoms with van der Waals surface area (Å²) in [5, 5.41) is 3.53. The van der Waals surface area contributed by atoms with Crippen molar-refractivity contribution < 1.29 is 9.53 Å². The molecule has 0 spiro atoms. The number of fused-ring (bicyclic) bond motifs is 1. The summed E-state index contributed by atoms with van der Waals surface area (Å²) < 4.78 is 6.02. The van der Waals surface area contributed by atoms with Crippen LogP contribution in [0.2, 0.25) is 5.02 Å². The van der Waals surface area contributed by atoms with Crippen LogP contribution in [0.15, 0.2) is 36.8 Å². The van der Waals surface area contributed by atoms with E-state index >= 15 is 0 Å². The maximum atomic E-state index is 13.0. The fraction of sp³-hybridized carbons (Fsp3) is 0.375. The zero-order valence-electron chi connectivity index (χ0n) is 18.6. The van der Waals surface area contributed by atoms with Crippen molar-refractivity contribution in [1.29, 1.82) is 0 Å². The lowest BCUT2D eigenvalue weighted by atomic mass is 10.2. The number of halogens is 1. The Morgan fingerprint density at radius 2 is 1.97 bits per heavy atom. The Labute approximate surface area is 197 Å². The molecule has 0 bridgehead atoms. The van der Waals surface area contributed by atoms with Crippen molar-refractivity contribution in [1.82, 2.24) is 25.3 Å². The fourth-order valence-corrected chi connectivity index (χ4v) is 4.19. The average Bonchev–Trinajstić information content (AvgIpc) is 3.43. The highest BCUT2D eigenvalue weighted by atomic mass is 35.5. The molecule has 8 nitrogen and oxygen atoms in total. The van der Waals surface area contributed by atoms with Gasteiger partial charge in [0.2, 0.25) is 11.8 Å². The number of hydrogen-bond acceptors (Lipinski definition) is 7. The number of amides is 1. The van der Waals surface area contributed by atoms with Gasteiger partial charge in [0.05, 0.1) is 24.1 Å². The van der Waals surface area contributed by atoms with E-state index < -0.39 is 0 Å². The zero-order valence-corrected chi connectivity index (χ0v) is 19.3. The number of carbonyl (C=O) groups excluding carboxylic acids is 1. The van der Waals surface area contributed by atoms with Gasteiger partial charge in [-0.05, 0) is 49.3 Å². The molecule has 2 fully saturated rings. The summed E-state index contributed by atoms with van der Waals surface area (Å²) in [4.78, 5) is 32.7. The van der Waals surface area contributed by atoms with Crippen molar-refractivity contribution in [3.8, 4) is 5.88 Å². The van der Waals surface area contributed by atoms with Crippen LogP contribution in [-0.2, 0) is 13.2 Å². The van der Waals surface area contributed by atoms with Gasteiger partial charge < -0.3 is 15.0 Å². The van der Waals surface area contributed by atoms with Crippen LogP contribution >= 0.6 is 11.6 Å². The van der Waals surface area contributed by atoms with Gasteiger partial charge in [-0.3, -0.25) is 14.8 Å². The van der Waals surface area contributed by atoms with Gasteiger partial charge in [-0.25, -0.2) is 4.98 Å². The molecule has 1 N–H and O–H groups in total. The largest absolute Gasteiger partial charge is 0.472 e. The second-order valence-corrected chi connectivity index (χ2v) is 9.16. The summed E-state index contributed by atoms with van der Waals surface area (Å²) in [6.45, 7) is 6.21. The van der Waals surface area contributed by atoms with Crippen molar-refractivity contribution in [3.05, 3.63) is 69.9 Å². The molecule has 1 aliphatic carbocycles. The van der Waals surface area contributed by atoms with Gasteiger partial charge in [0.1, 0.15) is 12.2 Å². The number of benzene rings is 1. The van der Waals surface area contributed by atoms with Crippen LogP contribution in [0.5, 0.6) is 5.88 Å². The fourth-order valence-electron chi connectivity index (χ4n) is 3.99. The molecule has 2 atom stereocenters. The summed E-state index contributed by atoms with van der Waals surface area (Å²) in [6, 6.07) is 5.76. The molecule has 1 saturated carbocycles. The highest BCUT2D eigenvalue weighted by molar-refractivity contribution is 6.31. The molecule has 2 unspecified atom stereocenters. The van der Waals surface area contributed by atoms with Gasteiger partial charge in [0.15, 0.2) is 0 Å². The number of aryl methyl sites for hydroxylation is 2. The molecule has 1 aliphatic heterocycles. The van der Waals surface area contributed by atoms with E-state index in [2.05, 4.69) is 30.2 Å². The van der Waals surface area contributed by atoms with Crippen molar-refractivity contribution in [2.75, 3.05) is 18.0 Å². The number of aromatic nitrogens is 4. The minimum absolute atomic E-state index is 0.241. The molecular weight excluding hydrogens is 440 g/mol. The summed E-state index contributed by atoms with van der Waals surface area (Å²) in [6.07, 6.45) is 6.14. The Balaban J connectivity index is 1.34. The number of hydrogen-bond donors (Lipinski definition) is 1. The zero-order chi connectivity index (χ0) is 22.9. The Kier molecular flexibility index (Phi) is 5.85. The maximum Gasteiger partial charge on any atom is 0.258 e. The standard InChI is InChI=1S/C24H25ClN6O2/c1-14-3-4-16(5-21(14)25)13-33-23-20(22(32)28-9-19-8-26-15(2)7-27-19)10-29-24(30-23)31-11-17-6-18(17)12-31/h3-5,7-8,10,17-18H,6,9,11-13H2,1-2H3,(H,28,32). The number of carbonyl (C=O) groups is 1. The molecule has 5 rings (SSSR count). The molecule has 33 heavy (non-hydrogen) atoms. The minimum atomic E-state index is -0.329. The molecule has 1 aromatic carbocycles. The predicted molar refractivity (Wildman–Crippen MR) is 124 cm³/mol. The molecule has 2 aliphatic rings. The van der Waals surface area contributed by atoms with E-state index in [1.54, 1.807) is 18.6 Å². The van der Waals surface area contributed by atoms with Gasteiger partial charge in [0.25, 0.3) is 5.91 Å². The highest BCUT2D eigenvalue weighted by Gasteiger charge is 2.46. The highest BCUT2D eigenvalue weighted by Crippen LogP contribution is 2.45. The van der Waals surface area contributed by atoms with Crippen molar-refractivity contribution in [2.24, 2.45) is 11.8 Å². The first-order valence-electron chi connectivity index (χ1n) is 11.0. The summed E-state index contributed by atoms with van der Waals surface area (Å²) in [7, 11) is 0.